The van der Waals surface area contributed by atoms with Crippen LogP contribution in [0.5, 0.6) is 0 Å². The summed E-state index contributed by atoms with van der Waals surface area (Å²) >= 11 is 0. The van der Waals surface area contributed by atoms with Gasteiger partial charge in [-0.1, -0.05) is 6.07 Å². The second-order valence-corrected chi connectivity index (χ2v) is 3.38. The molecule has 0 aliphatic carbocycles. The maximum atomic E-state index is 13.3. The number of hydrogen-bond acceptors (Lipinski definition) is 3. The van der Waals surface area contributed by atoms with E-state index in [2.05, 4.69) is 0 Å². The predicted molar refractivity (Wildman–Crippen MR) is 58.0 cm³/mol. The Morgan fingerprint density at radius 3 is 2.75 bits per heavy atom. The van der Waals surface area contributed by atoms with Gasteiger partial charge in [0.25, 0.3) is 0 Å². The Labute approximate surface area is 92.6 Å². The molecule has 1 aromatic carbocycles. The molecule has 0 bridgehead atoms. The van der Waals surface area contributed by atoms with Crippen molar-refractivity contribution in [3.63, 3.8) is 0 Å². The molecule has 0 unspecified atom stereocenters. The van der Waals surface area contributed by atoms with Crippen molar-refractivity contribution in [3.05, 3.63) is 53.7 Å². The molecule has 0 aliphatic heterocycles. The van der Waals surface area contributed by atoms with Crippen LogP contribution in [0.3, 0.4) is 0 Å². The lowest BCUT2D eigenvalue weighted by atomic mass is 10.2. The van der Waals surface area contributed by atoms with E-state index in [0.717, 1.165) is 0 Å². The van der Waals surface area contributed by atoms with Crippen LogP contribution in [0, 0.1) is 5.82 Å². The zero-order valence-electron chi connectivity index (χ0n) is 8.65. The molecule has 2 N–H and O–H groups in total. The van der Waals surface area contributed by atoms with Crippen molar-refractivity contribution in [2.45, 2.75) is 13.2 Å². The minimum atomic E-state index is -0.348. The monoisotopic (exact) mass is 221 g/mol. The van der Waals surface area contributed by atoms with Crippen molar-refractivity contribution >= 4 is 5.69 Å². The minimum Gasteiger partial charge on any atom is -0.467 e. The van der Waals surface area contributed by atoms with Gasteiger partial charge in [-0.3, -0.25) is 0 Å². The lowest BCUT2D eigenvalue weighted by molar-refractivity contribution is 0.0913. The SMILES string of the molecule is Nc1cccc(F)c1COCc1ccco1. The summed E-state index contributed by atoms with van der Waals surface area (Å²) in [5.41, 5.74) is 6.42. The van der Waals surface area contributed by atoms with Gasteiger partial charge in [-0.25, -0.2) is 4.39 Å². The fourth-order valence-corrected chi connectivity index (χ4v) is 1.38. The first-order valence-electron chi connectivity index (χ1n) is 4.90. The van der Waals surface area contributed by atoms with Crippen LogP contribution in [0.1, 0.15) is 11.3 Å². The van der Waals surface area contributed by atoms with Gasteiger partial charge in [0, 0.05) is 11.3 Å². The Hall–Kier alpha value is -1.81. The van der Waals surface area contributed by atoms with E-state index in [1.807, 2.05) is 0 Å². The largest absolute Gasteiger partial charge is 0.467 e. The molecular formula is C12H12FNO2. The molecule has 2 aromatic rings. The topological polar surface area (TPSA) is 48.4 Å². The van der Waals surface area contributed by atoms with Crippen molar-refractivity contribution in [1.82, 2.24) is 0 Å². The van der Waals surface area contributed by atoms with Crippen molar-refractivity contribution in [1.29, 1.82) is 0 Å². The molecule has 0 fully saturated rings. The molecule has 2 rings (SSSR count). The average molecular weight is 221 g/mol. The number of benzene rings is 1. The lowest BCUT2D eigenvalue weighted by Crippen LogP contribution is -2.01. The van der Waals surface area contributed by atoms with E-state index in [4.69, 9.17) is 14.9 Å². The first-order chi connectivity index (χ1) is 7.77. The van der Waals surface area contributed by atoms with Gasteiger partial charge in [0.1, 0.15) is 18.2 Å². The third-order valence-electron chi connectivity index (χ3n) is 2.23. The third-order valence-corrected chi connectivity index (χ3v) is 2.23. The lowest BCUT2D eigenvalue weighted by Gasteiger charge is -2.06. The van der Waals surface area contributed by atoms with E-state index >= 15 is 0 Å². The smallest absolute Gasteiger partial charge is 0.130 e. The first kappa shape index (κ1) is 10.7. The molecule has 0 saturated carbocycles. The van der Waals surface area contributed by atoms with Gasteiger partial charge in [0.2, 0.25) is 0 Å². The van der Waals surface area contributed by atoms with Gasteiger partial charge in [0.15, 0.2) is 0 Å². The van der Waals surface area contributed by atoms with Crippen LogP contribution in [-0.4, -0.2) is 0 Å². The van der Waals surface area contributed by atoms with Gasteiger partial charge in [-0.2, -0.15) is 0 Å². The summed E-state index contributed by atoms with van der Waals surface area (Å²) in [6.07, 6.45) is 1.57. The van der Waals surface area contributed by atoms with Crippen molar-refractivity contribution in [2.75, 3.05) is 5.73 Å². The maximum Gasteiger partial charge on any atom is 0.130 e. The molecule has 4 heteroatoms. The zero-order chi connectivity index (χ0) is 11.4. The van der Waals surface area contributed by atoms with Crippen LogP contribution < -0.4 is 5.73 Å². The highest BCUT2D eigenvalue weighted by atomic mass is 19.1. The quantitative estimate of drug-likeness (QED) is 0.807. The molecule has 16 heavy (non-hydrogen) atoms. The van der Waals surface area contributed by atoms with Gasteiger partial charge in [0.05, 0.1) is 12.9 Å². The van der Waals surface area contributed by atoms with Gasteiger partial charge < -0.3 is 14.9 Å². The number of anilines is 1. The van der Waals surface area contributed by atoms with Crippen molar-refractivity contribution < 1.29 is 13.5 Å². The summed E-state index contributed by atoms with van der Waals surface area (Å²) in [5.74, 6) is 0.356. The number of ether oxygens (including phenoxy) is 1. The number of halogens is 1. The standard InChI is InChI=1S/C12H12FNO2/c13-11-4-1-5-12(14)10(11)8-15-7-9-3-2-6-16-9/h1-6H,7-8,14H2. The first-order valence-corrected chi connectivity index (χ1v) is 4.90. The average Bonchev–Trinajstić information content (AvgIpc) is 2.75. The number of rotatable bonds is 4. The van der Waals surface area contributed by atoms with Gasteiger partial charge in [-0.15, -0.1) is 0 Å². The molecule has 0 aliphatic rings. The Balaban J connectivity index is 1.95. The number of nitrogen functional groups attached to an aromatic ring is 1. The van der Waals surface area contributed by atoms with Gasteiger partial charge in [-0.05, 0) is 24.3 Å². The second-order valence-electron chi connectivity index (χ2n) is 3.38. The van der Waals surface area contributed by atoms with E-state index < -0.39 is 0 Å². The van der Waals surface area contributed by atoms with Crippen LogP contribution in [0.4, 0.5) is 10.1 Å². The van der Waals surface area contributed by atoms with E-state index in [1.54, 1.807) is 30.5 Å². The normalized spacial score (nSPS) is 10.6. The number of hydrogen-bond donors (Lipinski definition) is 1. The van der Waals surface area contributed by atoms with Crippen molar-refractivity contribution in [3.8, 4) is 0 Å². The highest BCUT2D eigenvalue weighted by Crippen LogP contribution is 2.17. The van der Waals surface area contributed by atoms with Crippen LogP contribution in [0.15, 0.2) is 41.0 Å². The fourth-order valence-electron chi connectivity index (χ4n) is 1.38. The third kappa shape index (κ3) is 2.41. The molecule has 0 spiro atoms. The second kappa shape index (κ2) is 4.81. The summed E-state index contributed by atoms with van der Waals surface area (Å²) in [4.78, 5) is 0. The minimum absolute atomic E-state index is 0.138. The van der Waals surface area contributed by atoms with E-state index in [1.165, 1.54) is 6.07 Å². The van der Waals surface area contributed by atoms with E-state index in [9.17, 15) is 4.39 Å². The summed E-state index contributed by atoms with van der Waals surface area (Å²) < 4.78 is 23.7. The van der Waals surface area contributed by atoms with E-state index in [-0.39, 0.29) is 12.4 Å². The molecular weight excluding hydrogens is 209 g/mol. The summed E-state index contributed by atoms with van der Waals surface area (Å²) in [5, 5.41) is 0. The Morgan fingerprint density at radius 2 is 2.06 bits per heavy atom. The highest BCUT2D eigenvalue weighted by Gasteiger charge is 2.06. The molecule has 0 radical (unpaired) electrons. The zero-order valence-corrected chi connectivity index (χ0v) is 8.65. The van der Waals surface area contributed by atoms with Crippen molar-refractivity contribution in [2.24, 2.45) is 0 Å². The fraction of sp³-hybridized carbons (Fsp3) is 0.167. The molecule has 1 aromatic heterocycles. The molecule has 3 nitrogen and oxygen atoms in total. The van der Waals surface area contributed by atoms with Crippen LogP contribution in [0.2, 0.25) is 0 Å². The Bertz CT molecular complexity index is 434. The summed E-state index contributed by atoms with van der Waals surface area (Å²) in [7, 11) is 0. The van der Waals surface area contributed by atoms with Crippen LogP contribution in [-0.2, 0) is 18.0 Å². The summed E-state index contributed by atoms with van der Waals surface area (Å²) in [6.45, 7) is 0.444. The molecule has 0 amide bonds. The van der Waals surface area contributed by atoms with Crippen LogP contribution in [0.25, 0.3) is 0 Å². The highest BCUT2D eigenvalue weighted by molar-refractivity contribution is 5.46. The molecule has 0 atom stereocenters. The predicted octanol–water partition coefficient (Wildman–Crippen LogP) is 2.72. The van der Waals surface area contributed by atoms with Gasteiger partial charge >= 0.3 is 0 Å². The molecule has 84 valence electrons. The Kier molecular flexibility index (Phi) is 3.22. The summed E-state index contributed by atoms with van der Waals surface area (Å²) in [6, 6.07) is 8.15. The molecule has 0 saturated heterocycles. The molecule has 1 heterocycles. The number of nitrogens with two attached hydrogens (primary N) is 1. The Morgan fingerprint density at radius 1 is 1.19 bits per heavy atom. The number of furan rings is 1. The van der Waals surface area contributed by atoms with E-state index in [0.29, 0.717) is 23.6 Å². The maximum absolute atomic E-state index is 13.3. The van der Waals surface area contributed by atoms with Crippen LogP contribution >= 0.6 is 0 Å².